The summed E-state index contributed by atoms with van der Waals surface area (Å²) in [6.45, 7) is 4.40. The first-order valence-electron chi connectivity index (χ1n) is 11.1. The molecule has 172 valence electrons. The maximum atomic E-state index is 13.3. The van der Waals surface area contributed by atoms with Gasteiger partial charge in [-0.15, -0.1) is 0 Å². The molecule has 1 saturated carbocycles. The molecule has 0 spiro atoms. The molecule has 0 N–H and O–H groups in total. The lowest BCUT2D eigenvalue weighted by Gasteiger charge is -2.35. The molecule has 0 unspecified atom stereocenters. The summed E-state index contributed by atoms with van der Waals surface area (Å²) in [5.74, 6) is 0.927. The van der Waals surface area contributed by atoms with Gasteiger partial charge in [-0.05, 0) is 42.5 Å². The fourth-order valence-corrected chi connectivity index (χ4v) is 5.42. The Kier molecular flexibility index (Phi) is 6.83. The van der Waals surface area contributed by atoms with Gasteiger partial charge in [-0.1, -0.05) is 30.3 Å². The molecule has 1 heterocycles. The number of rotatable bonds is 8. The Morgan fingerprint density at radius 1 is 1.06 bits per heavy atom. The third kappa shape index (κ3) is 5.14. The third-order valence-electron chi connectivity index (χ3n) is 6.22. The van der Waals surface area contributed by atoms with Crippen molar-refractivity contribution in [1.29, 1.82) is 0 Å². The van der Waals surface area contributed by atoms with Crippen molar-refractivity contribution in [3.63, 3.8) is 0 Å². The van der Waals surface area contributed by atoms with Gasteiger partial charge in [-0.3, -0.25) is 9.69 Å². The first kappa shape index (κ1) is 22.8. The number of nitrogens with zero attached hydrogens (tertiary/aromatic N) is 3. The minimum Gasteiger partial charge on any atom is -0.495 e. The van der Waals surface area contributed by atoms with Crippen LogP contribution in [0.1, 0.15) is 28.8 Å². The molecule has 2 aliphatic rings. The van der Waals surface area contributed by atoms with E-state index in [2.05, 4.69) is 4.90 Å². The molecule has 1 aliphatic carbocycles. The molecule has 2 aromatic carbocycles. The van der Waals surface area contributed by atoms with Crippen LogP contribution >= 0.6 is 0 Å². The standard InChI is InChI=1S/C24H31N3O4S/c1-25(17-19-6-4-3-5-7-19)32(29,30)23-16-21(10-11-22(23)31-2)24(28)27-14-12-26(13-15-27)18-20-8-9-20/h3-7,10-11,16,20H,8-9,12-15,17-18H2,1-2H3. The van der Waals surface area contributed by atoms with Crippen LogP contribution in [0, 0.1) is 5.92 Å². The molecule has 7 nitrogen and oxygen atoms in total. The van der Waals surface area contributed by atoms with Crippen LogP contribution in [0.2, 0.25) is 0 Å². The smallest absolute Gasteiger partial charge is 0.253 e. The van der Waals surface area contributed by atoms with E-state index in [1.165, 1.54) is 37.4 Å². The highest BCUT2D eigenvalue weighted by Gasteiger charge is 2.30. The maximum absolute atomic E-state index is 13.3. The first-order valence-corrected chi connectivity index (χ1v) is 12.5. The normalized spacial score (nSPS) is 17.5. The van der Waals surface area contributed by atoms with Gasteiger partial charge in [0.25, 0.3) is 5.91 Å². The van der Waals surface area contributed by atoms with E-state index in [0.29, 0.717) is 18.7 Å². The molecule has 2 aromatic rings. The molecule has 0 atom stereocenters. The van der Waals surface area contributed by atoms with Crippen LogP contribution in [0.3, 0.4) is 0 Å². The number of ether oxygens (including phenoxy) is 1. The highest BCUT2D eigenvalue weighted by molar-refractivity contribution is 7.89. The van der Waals surface area contributed by atoms with E-state index in [0.717, 1.165) is 31.1 Å². The highest BCUT2D eigenvalue weighted by atomic mass is 32.2. The summed E-state index contributed by atoms with van der Waals surface area (Å²) in [5.41, 5.74) is 1.25. The first-order chi connectivity index (χ1) is 15.4. The predicted molar refractivity (Wildman–Crippen MR) is 123 cm³/mol. The summed E-state index contributed by atoms with van der Waals surface area (Å²) in [5, 5.41) is 0. The van der Waals surface area contributed by atoms with Crippen LogP contribution in [0.15, 0.2) is 53.4 Å². The van der Waals surface area contributed by atoms with Crippen LogP contribution in [0.4, 0.5) is 0 Å². The van der Waals surface area contributed by atoms with Crippen LogP contribution in [0.25, 0.3) is 0 Å². The Labute approximate surface area is 190 Å². The van der Waals surface area contributed by atoms with Gasteiger partial charge in [0, 0.05) is 51.9 Å². The van der Waals surface area contributed by atoms with E-state index in [9.17, 15) is 13.2 Å². The van der Waals surface area contributed by atoms with Crippen molar-refractivity contribution in [3.05, 3.63) is 59.7 Å². The topological polar surface area (TPSA) is 70.2 Å². The predicted octanol–water partition coefficient (Wildman–Crippen LogP) is 2.68. The molecule has 32 heavy (non-hydrogen) atoms. The average Bonchev–Trinajstić information content (AvgIpc) is 3.63. The number of hydrogen-bond acceptors (Lipinski definition) is 5. The molecule has 8 heteroatoms. The maximum Gasteiger partial charge on any atom is 0.253 e. The number of piperazine rings is 1. The Morgan fingerprint density at radius 2 is 1.75 bits per heavy atom. The minimum absolute atomic E-state index is 0.0108. The van der Waals surface area contributed by atoms with Gasteiger partial charge in [0.1, 0.15) is 10.6 Å². The van der Waals surface area contributed by atoms with Gasteiger partial charge in [0.05, 0.1) is 7.11 Å². The number of carbonyl (C=O) groups excluding carboxylic acids is 1. The Balaban J connectivity index is 1.51. The molecule has 1 saturated heterocycles. The van der Waals surface area contributed by atoms with E-state index < -0.39 is 10.0 Å². The fourth-order valence-electron chi connectivity index (χ4n) is 4.09. The molecule has 0 radical (unpaired) electrons. The quantitative estimate of drug-likeness (QED) is 0.610. The monoisotopic (exact) mass is 457 g/mol. The molecule has 1 aliphatic heterocycles. The van der Waals surface area contributed by atoms with Crippen LogP contribution in [0.5, 0.6) is 5.75 Å². The Hall–Kier alpha value is -2.42. The molecule has 0 aromatic heterocycles. The van der Waals surface area contributed by atoms with Crippen molar-refractivity contribution >= 4 is 15.9 Å². The van der Waals surface area contributed by atoms with Crippen LogP contribution in [-0.4, -0.2) is 75.3 Å². The Bertz CT molecular complexity index is 1050. The number of sulfonamides is 1. The van der Waals surface area contributed by atoms with Gasteiger partial charge in [0.15, 0.2) is 0 Å². The number of benzene rings is 2. The zero-order valence-corrected chi connectivity index (χ0v) is 19.6. The fraction of sp³-hybridized carbons (Fsp3) is 0.458. The van der Waals surface area contributed by atoms with Crippen LogP contribution < -0.4 is 4.74 Å². The van der Waals surface area contributed by atoms with Crippen molar-refractivity contribution in [2.75, 3.05) is 46.9 Å². The summed E-state index contributed by atoms with van der Waals surface area (Å²) in [6.07, 6.45) is 2.64. The second-order valence-corrected chi connectivity index (χ2v) is 10.7. The SMILES string of the molecule is COc1ccc(C(=O)N2CCN(CC3CC3)CC2)cc1S(=O)(=O)N(C)Cc1ccccc1. The van der Waals surface area contributed by atoms with Gasteiger partial charge in [-0.2, -0.15) is 4.31 Å². The van der Waals surface area contributed by atoms with E-state index in [1.54, 1.807) is 12.1 Å². The summed E-state index contributed by atoms with van der Waals surface area (Å²) in [4.78, 5) is 17.4. The second-order valence-electron chi connectivity index (χ2n) is 8.65. The molecule has 4 rings (SSSR count). The molecular formula is C24H31N3O4S. The third-order valence-corrected chi connectivity index (χ3v) is 8.04. The van der Waals surface area contributed by atoms with Crippen LogP contribution in [-0.2, 0) is 16.6 Å². The van der Waals surface area contributed by atoms with E-state index in [4.69, 9.17) is 4.74 Å². The Morgan fingerprint density at radius 3 is 2.38 bits per heavy atom. The summed E-state index contributed by atoms with van der Waals surface area (Å²) in [7, 11) is -0.879. The summed E-state index contributed by atoms with van der Waals surface area (Å²) < 4.78 is 33.3. The van der Waals surface area contributed by atoms with Gasteiger partial charge in [-0.25, -0.2) is 8.42 Å². The largest absolute Gasteiger partial charge is 0.495 e. The number of amides is 1. The molecule has 0 bridgehead atoms. The van der Waals surface area contributed by atoms with E-state index in [1.807, 2.05) is 35.2 Å². The number of carbonyl (C=O) groups is 1. The summed E-state index contributed by atoms with van der Waals surface area (Å²) >= 11 is 0. The zero-order valence-electron chi connectivity index (χ0n) is 18.7. The molecule has 2 fully saturated rings. The van der Waals surface area contributed by atoms with Crippen molar-refractivity contribution in [3.8, 4) is 5.75 Å². The molecule has 1 amide bonds. The van der Waals surface area contributed by atoms with Gasteiger partial charge >= 0.3 is 0 Å². The lowest BCUT2D eigenvalue weighted by Crippen LogP contribution is -2.49. The number of methoxy groups -OCH3 is 1. The van der Waals surface area contributed by atoms with Gasteiger partial charge in [0.2, 0.25) is 10.0 Å². The highest BCUT2D eigenvalue weighted by Crippen LogP contribution is 2.31. The zero-order chi connectivity index (χ0) is 22.7. The minimum atomic E-state index is -3.85. The van der Waals surface area contributed by atoms with E-state index >= 15 is 0 Å². The average molecular weight is 458 g/mol. The number of hydrogen-bond donors (Lipinski definition) is 0. The summed E-state index contributed by atoms with van der Waals surface area (Å²) in [6, 6.07) is 14.1. The van der Waals surface area contributed by atoms with Crippen molar-refractivity contribution in [2.45, 2.75) is 24.3 Å². The van der Waals surface area contributed by atoms with Crippen molar-refractivity contribution in [1.82, 2.24) is 14.1 Å². The lowest BCUT2D eigenvalue weighted by atomic mass is 10.1. The van der Waals surface area contributed by atoms with Crippen molar-refractivity contribution in [2.24, 2.45) is 5.92 Å². The van der Waals surface area contributed by atoms with Crippen molar-refractivity contribution < 1.29 is 17.9 Å². The van der Waals surface area contributed by atoms with Gasteiger partial charge < -0.3 is 9.64 Å². The molecular weight excluding hydrogens is 426 g/mol. The van der Waals surface area contributed by atoms with E-state index in [-0.39, 0.29) is 23.1 Å². The lowest BCUT2D eigenvalue weighted by molar-refractivity contribution is 0.0631. The second kappa shape index (κ2) is 9.60.